The molecular formula is C22H38N4. The molecule has 1 N–H and O–H groups in total. The average molecular weight is 359 g/mol. The van der Waals surface area contributed by atoms with Crippen LogP contribution in [0.3, 0.4) is 0 Å². The Morgan fingerprint density at radius 3 is 1.88 bits per heavy atom. The molecule has 2 rings (SSSR count). The summed E-state index contributed by atoms with van der Waals surface area (Å²) < 4.78 is 2.22. The Bertz CT molecular complexity index is 669. The maximum Gasteiger partial charge on any atom is 0.138 e. The fraction of sp³-hybridized carbons (Fsp3) is 0.727. The lowest BCUT2D eigenvalue weighted by Gasteiger charge is -2.34. The summed E-state index contributed by atoms with van der Waals surface area (Å²) in [5.74, 6) is 1.07. The van der Waals surface area contributed by atoms with E-state index < -0.39 is 0 Å². The molecule has 2 heterocycles. The number of H-pyrrole nitrogens is 1. The Morgan fingerprint density at radius 2 is 1.35 bits per heavy atom. The van der Waals surface area contributed by atoms with E-state index in [0.717, 1.165) is 18.7 Å². The summed E-state index contributed by atoms with van der Waals surface area (Å²) in [6.07, 6.45) is 8.37. The largest absolute Gasteiger partial charge is 0.367 e. The van der Waals surface area contributed by atoms with E-state index in [9.17, 15) is 0 Å². The van der Waals surface area contributed by atoms with Gasteiger partial charge in [-0.3, -0.25) is 0 Å². The highest BCUT2D eigenvalue weighted by molar-refractivity contribution is 5.35. The van der Waals surface area contributed by atoms with Gasteiger partial charge in [0.05, 0.1) is 0 Å². The molecular weight excluding hydrogens is 320 g/mol. The Hall–Kier alpha value is -1.58. The van der Waals surface area contributed by atoms with Gasteiger partial charge in [-0.25, -0.2) is 0 Å². The molecule has 0 aliphatic carbocycles. The molecule has 0 amide bonds. The monoisotopic (exact) mass is 358 g/mol. The summed E-state index contributed by atoms with van der Waals surface area (Å²) in [5, 5.41) is 8.68. The standard InChI is InChI=1S/C22H38N4/c1-19(2,3)16-13-23-14-17(16)21(7,8)11-12-22(9,10)18-25-24-15-26(18)20(4,5)6/h13-15,23H,11-12H2,1-10H3. The molecule has 2 aromatic heterocycles. The van der Waals surface area contributed by atoms with Crippen molar-refractivity contribution in [1.82, 2.24) is 19.7 Å². The smallest absolute Gasteiger partial charge is 0.138 e. The van der Waals surface area contributed by atoms with Crippen molar-refractivity contribution in [2.24, 2.45) is 0 Å². The van der Waals surface area contributed by atoms with Crippen LogP contribution < -0.4 is 0 Å². The van der Waals surface area contributed by atoms with Crippen molar-refractivity contribution in [3.05, 3.63) is 35.7 Å². The second kappa shape index (κ2) is 6.54. The van der Waals surface area contributed by atoms with E-state index in [2.05, 4.69) is 101 Å². The van der Waals surface area contributed by atoms with Crippen LogP contribution in [0.25, 0.3) is 0 Å². The van der Waals surface area contributed by atoms with Crippen LogP contribution in [0.15, 0.2) is 18.7 Å². The van der Waals surface area contributed by atoms with E-state index in [4.69, 9.17) is 0 Å². The molecule has 0 aliphatic heterocycles. The van der Waals surface area contributed by atoms with Crippen molar-refractivity contribution in [1.29, 1.82) is 0 Å². The van der Waals surface area contributed by atoms with Crippen molar-refractivity contribution in [2.75, 3.05) is 0 Å². The normalized spacial score (nSPS) is 14.1. The maximum atomic E-state index is 4.48. The van der Waals surface area contributed by atoms with Gasteiger partial charge in [0.25, 0.3) is 0 Å². The minimum atomic E-state index is -0.0285. The third-order valence-corrected chi connectivity index (χ3v) is 5.53. The topological polar surface area (TPSA) is 46.5 Å². The number of aromatic nitrogens is 4. The summed E-state index contributed by atoms with van der Waals surface area (Å²) in [6, 6.07) is 0. The van der Waals surface area contributed by atoms with Crippen LogP contribution in [0, 0.1) is 0 Å². The zero-order chi connectivity index (χ0) is 20.0. The van der Waals surface area contributed by atoms with Gasteiger partial charge >= 0.3 is 0 Å². The van der Waals surface area contributed by atoms with Crippen LogP contribution in [0.2, 0.25) is 0 Å². The van der Waals surface area contributed by atoms with Crippen LogP contribution in [0.4, 0.5) is 0 Å². The van der Waals surface area contributed by atoms with Gasteiger partial charge in [0.1, 0.15) is 12.2 Å². The highest BCUT2D eigenvalue weighted by Crippen LogP contribution is 2.40. The second-order valence-corrected chi connectivity index (χ2v) is 11.0. The molecule has 0 unspecified atom stereocenters. The van der Waals surface area contributed by atoms with Gasteiger partial charge in [-0.05, 0) is 55.6 Å². The molecule has 26 heavy (non-hydrogen) atoms. The third-order valence-electron chi connectivity index (χ3n) is 5.53. The van der Waals surface area contributed by atoms with Crippen LogP contribution >= 0.6 is 0 Å². The number of nitrogens with zero attached hydrogens (tertiary/aromatic N) is 3. The highest BCUT2D eigenvalue weighted by atomic mass is 15.3. The highest BCUT2D eigenvalue weighted by Gasteiger charge is 2.34. The fourth-order valence-electron chi connectivity index (χ4n) is 3.60. The number of hydrogen-bond acceptors (Lipinski definition) is 2. The van der Waals surface area contributed by atoms with E-state index in [-0.39, 0.29) is 21.8 Å². The molecule has 2 aromatic rings. The van der Waals surface area contributed by atoms with Crippen LogP contribution in [-0.4, -0.2) is 19.7 Å². The van der Waals surface area contributed by atoms with Crippen molar-refractivity contribution in [3.8, 4) is 0 Å². The van der Waals surface area contributed by atoms with Crippen LogP contribution in [0.1, 0.15) is 99.0 Å². The molecule has 0 radical (unpaired) electrons. The van der Waals surface area contributed by atoms with Crippen LogP contribution in [0.5, 0.6) is 0 Å². The van der Waals surface area contributed by atoms with Crippen LogP contribution in [-0.2, 0) is 21.8 Å². The summed E-state index contributed by atoms with van der Waals surface area (Å²) >= 11 is 0. The van der Waals surface area contributed by atoms with E-state index in [1.807, 2.05) is 6.33 Å². The Kier molecular flexibility index (Phi) is 5.22. The molecule has 146 valence electrons. The summed E-state index contributed by atoms with van der Waals surface area (Å²) in [5.41, 5.74) is 3.06. The number of aromatic amines is 1. The molecule has 4 nitrogen and oxygen atoms in total. The average Bonchev–Trinajstić information content (AvgIpc) is 3.13. The minimum Gasteiger partial charge on any atom is -0.367 e. The van der Waals surface area contributed by atoms with Gasteiger partial charge in [0.15, 0.2) is 0 Å². The van der Waals surface area contributed by atoms with Gasteiger partial charge in [-0.1, -0.05) is 48.5 Å². The third kappa shape index (κ3) is 4.21. The Morgan fingerprint density at radius 1 is 0.808 bits per heavy atom. The van der Waals surface area contributed by atoms with Gasteiger partial charge in [0.2, 0.25) is 0 Å². The van der Waals surface area contributed by atoms with Gasteiger partial charge in [0, 0.05) is 23.3 Å². The molecule has 0 saturated carbocycles. The number of rotatable bonds is 5. The molecule has 0 fully saturated rings. The number of nitrogens with one attached hydrogen (secondary N) is 1. The van der Waals surface area contributed by atoms with Gasteiger partial charge in [-0.2, -0.15) is 0 Å². The lowest BCUT2D eigenvalue weighted by atomic mass is 9.71. The molecule has 0 aliphatic rings. The van der Waals surface area contributed by atoms with E-state index in [1.165, 1.54) is 11.1 Å². The van der Waals surface area contributed by atoms with E-state index in [1.54, 1.807) is 0 Å². The zero-order valence-corrected chi connectivity index (χ0v) is 18.5. The van der Waals surface area contributed by atoms with Crippen molar-refractivity contribution in [2.45, 2.75) is 104 Å². The first-order valence-corrected chi connectivity index (χ1v) is 9.75. The van der Waals surface area contributed by atoms with Crippen molar-refractivity contribution in [3.63, 3.8) is 0 Å². The summed E-state index contributed by atoms with van der Waals surface area (Å²) in [4.78, 5) is 3.34. The lowest BCUT2D eigenvalue weighted by molar-refractivity contribution is 0.311. The summed E-state index contributed by atoms with van der Waals surface area (Å²) in [6.45, 7) is 22.8. The Labute approximate surface area is 159 Å². The SMILES string of the molecule is CC(C)(C)c1c[nH]cc1C(C)(C)CCC(C)(C)c1nncn1C(C)(C)C. The summed E-state index contributed by atoms with van der Waals surface area (Å²) in [7, 11) is 0. The number of hydrogen-bond donors (Lipinski definition) is 1. The second-order valence-electron chi connectivity index (χ2n) is 11.0. The predicted molar refractivity (Wildman–Crippen MR) is 110 cm³/mol. The maximum absolute atomic E-state index is 4.48. The van der Waals surface area contributed by atoms with E-state index in [0.29, 0.717) is 0 Å². The molecule has 0 bridgehead atoms. The first-order chi connectivity index (χ1) is 11.7. The molecule has 0 atom stereocenters. The molecule has 0 saturated heterocycles. The molecule has 0 aromatic carbocycles. The van der Waals surface area contributed by atoms with Gasteiger partial charge < -0.3 is 9.55 Å². The van der Waals surface area contributed by atoms with Crippen molar-refractivity contribution < 1.29 is 0 Å². The predicted octanol–water partition coefficient (Wildman–Crippen LogP) is 5.69. The molecule has 4 heteroatoms. The fourth-order valence-corrected chi connectivity index (χ4v) is 3.60. The zero-order valence-electron chi connectivity index (χ0n) is 18.5. The first kappa shape index (κ1) is 20.7. The first-order valence-electron chi connectivity index (χ1n) is 9.75. The Balaban J connectivity index is 2.25. The van der Waals surface area contributed by atoms with Gasteiger partial charge in [-0.15, -0.1) is 10.2 Å². The molecule has 0 spiro atoms. The van der Waals surface area contributed by atoms with Crippen molar-refractivity contribution >= 4 is 0 Å². The quantitative estimate of drug-likeness (QED) is 0.746. The lowest BCUT2D eigenvalue weighted by Crippen LogP contribution is -2.32. The minimum absolute atomic E-state index is 0.00827. The van der Waals surface area contributed by atoms with E-state index >= 15 is 0 Å².